The van der Waals surface area contributed by atoms with Gasteiger partial charge in [-0.3, -0.25) is 0 Å². The maximum absolute atomic E-state index is 12.0. The number of aliphatic hydroxyl groups is 1. The lowest BCUT2D eigenvalue weighted by molar-refractivity contribution is -0.154. The molecule has 0 saturated carbocycles. The van der Waals surface area contributed by atoms with E-state index in [1.54, 1.807) is 27.7 Å². The molecule has 7 nitrogen and oxygen atoms in total. The van der Waals surface area contributed by atoms with Gasteiger partial charge in [0.2, 0.25) is 0 Å². The minimum absolute atomic E-state index is 0.148. The molecule has 7 heteroatoms. The molecule has 0 aliphatic heterocycles. The third kappa shape index (κ3) is 9.96. The summed E-state index contributed by atoms with van der Waals surface area (Å²) in [5.41, 5.74) is 0.384. The Morgan fingerprint density at radius 2 is 1.85 bits per heavy atom. The summed E-state index contributed by atoms with van der Waals surface area (Å²) in [6.07, 6.45) is -1.27. The average molecular weight is 381 g/mol. The van der Waals surface area contributed by atoms with E-state index in [2.05, 4.69) is 5.32 Å². The summed E-state index contributed by atoms with van der Waals surface area (Å²) in [6.45, 7) is 7.91. The first-order valence-corrected chi connectivity index (χ1v) is 9.19. The predicted octanol–water partition coefficient (Wildman–Crippen LogP) is 2.80. The van der Waals surface area contributed by atoms with Gasteiger partial charge in [0.15, 0.2) is 6.10 Å². The molecule has 0 heterocycles. The number of amides is 1. The zero-order valence-corrected chi connectivity index (χ0v) is 16.6. The van der Waals surface area contributed by atoms with Crippen molar-refractivity contribution in [1.29, 1.82) is 0 Å². The highest BCUT2D eigenvalue weighted by Gasteiger charge is 2.30. The number of alkyl carbamates (subject to hydrolysis) is 1. The molecule has 1 amide bonds. The maximum Gasteiger partial charge on any atom is 0.407 e. The molecule has 27 heavy (non-hydrogen) atoms. The summed E-state index contributed by atoms with van der Waals surface area (Å²) in [7, 11) is 0. The molecule has 0 spiro atoms. The van der Waals surface area contributed by atoms with Gasteiger partial charge in [0.1, 0.15) is 5.60 Å². The standard InChI is InChI=1S/C20H31NO6/c1-5-26-18(23)17(22)16(21-19(24)27-20(2,3)4)12-9-13-25-14-15-10-7-6-8-11-15/h6-8,10-11,16-17,22H,5,9,12-14H2,1-4H3,(H,21,24)/t16-,17-/m1/s1. The molecule has 0 bridgehead atoms. The molecule has 0 aromatic heterocycles. The Balaban J connectivity index is 2.51. The molecule has 0 aliphatic carbocycles. The first-order chi connectivity index (χ1) is 12.7. The van der Waals surface area contributed by atoms with Crippen molar-refractivity contribution in [2.75, 3.05) is 13.2 Å². The van der Waals surface area contributed by atoms with E-state index in [-0.39, 0.29) is 6.61 Å². The monoisotopic (exact) mass is 381 g/mol. The second kappa shape index (κ2) is 11.6. The van der Waals surface area contributed by atoms with Gasteiger partial charge in [-0.25, -0.2) is 9.59 Å². The molecule has 0 unspecified atom stereocenters. The second-order valence-electron chi connectivity index (χ2n) is 7.13. The van der Waals surface area contributed by atoms with Crippen LogP contribution in [0.2, 0.25) is 0 Å². The van der Waals surface area contributed by atoms with Crippen LogP contribution in [0.3, 0.4) is 0 Å². The number of esters is 1. The van der Waals surface area contributed by atoms with Crippen molar-refractivity contribution < 1.29 is 28.9 Å². The second-order valence-corrected chi connectivity index (χ2v) is 7.13. The molecule has 1 rings (SSSR count). The first-order valence-electron chi connectivity index (χ1n) is 9.19. The average Bonchev–Trinajstić information content (AvgIpc) is 2.59. The lowest BCUT2D eigenvalue weighted by Gasteiger charge is -2.25. The molecule has 152 valence electrons. The number of carbonyl (C=O) groups excluding carboxylic acids is 2. The number of carbonyl (C=O) groups is 2. The minimum atomic E-state index is -1.47. The van der Waals surface area contributed by atoms with E-state index in [0.29, 0.717) is 26.1 Å². The Bertz CT molecular complexity index is 570. The van der Waals surface area contributed by atoms with E-state index in [0.717, 1.165) is 5.56 Å². The highest BCUT2D eigenvalue weighted by molar-refractivity contribution is 5.77. The summed E-state index contributed by atoms with van der Waals surface area (Å²) in [4.78, 5) is 23.8. The predicted molar refractivity (Wildman–Crippen MR) is 101 cm³/mol. The number of hydrogen-bond acceptors (Lipinski definition) is 6. The number of aliphatic hydroxyl groups excluding tert-OH is 1. The maximum atomic E-state index is 12.0. The topological polar surface area (TPSA) is 94.1 Å². The van der Waals surface area contributed by atoms with E-state index in [4.69, 9.17) is 14.2 Å². The molecule has 0 aliphatic rings. The van der Waals surface area contributed by atoms with Crippen LogP contribution in [-0.2, 0) is 25.6 Å². The molecule has 0 radical (unpaired) electrons. The Kier molecular flexibility index (Phi) is 9.82. The molecule has 2 atom stereocenters. The van der Waals surface area contributed by atoms with E-state index in [1.165, 1.54) is 0 Å². The van der Waals surface area contributed by atoms with Crippen molar-refractivity contribution in [3.8, 4) is 0 Å². The van der Waals surface area contributed by atoms with Crippen molar-refractivity contribution in [3.63, 3.8) is 0 Å². The first kappa shape index (κ1) is 22.9. The Hall–Kier alpha value is -2.12. The smallest absolute Gasteiger partial charge is 0.407 e. The number of benzene rings is 1. The Labute approximate surface area is 161 Å². The van der Waals surface area contributed by atoms with Crippen molar-refractivity contribution >= 4 is 12.1 Å². The van der Waals surface area contributed by atoms with Gasteiger partial charge in [-0.05, 0) is 46.1 Å². The normalized spacial score (nSPS) is 13.5. The largest absolute Gasteiger partial charge is 0.464 e. The highest BCUT2D eigenvalue weighted by atomic mass is 16.6. The fourth-order valence-electron chi connectivity index (χ4n) is 2.33. The quantitative estimate of drug-likeness (QED) is 0.478. The lowest BCUT2D eigenvalue weighted by atomic mass is 10.1. The molecule has 1 aromatic carbocycles. The van der Waals surface area contributed by atoms with Crippen LogP contribution in [0.4, 0.5) is 4.79 Å². The van der Waals surface area contributed by atoms with Crippen LogP contribution < -0.4 is 5.32 Å². The number of ether oxygens (including phenoxy) is 3. The van der Waals surface area contributed by atoms with Crippen molar-refractivity contribution in [2.24, 2.45) is 0 Å². The summed E-state index contributed by atoms with van der Waals surface area (Å²) in [6, 6.07) is 8.94. The summed E-state index contributed by atoms with van der Waals surface area (Å²) in [5, 5.41) is 12.8. The summed E-state index contributed by atoms with van der Waals surface area (Å²) in [5.74, 6) is -0.774. The summed E-state index contributed by atoms with van der Waals surface area (Å²) >= 11 is 0. The molecule has 1 aromatic rings. The zero-order valence-electron chi connectivity index (χ0n) is 16.6. The fourth-order valence-corrected chi connectivity index (χ4v) is 2.33. The van der Waals surface area contributed by atoms with Gasteiger partial charge in [-0.2, -0.15) is 0 Å². The summed E-state index contributed by atoms with van der Waals surface area (Å²) < 4.78 is 15.6. The molecule has 2 N–H and O–H groups in total. The third-order valence-electron chi connectivity index (χ3n) is 3.53. The van der Waals surface area contributed by atoms with E-state index >= 15 is 0 Å². The van der Waals surface area contributed by atoms with Crippen molar-refractivity contribution in [3.05, 3.63) is 35.9 Å². The van der Waals surface area contributed by atoms with Gasteiger partial charge in [0.25, 0.3) is 0 Å². The Morgan fingerprint density at radius 3 is 2.44 bits per heavy atom. The van der Waals surface area contributed by atoms with E-state index in [9.17, 15) is 14.7 Å². The van der Waals surface area contributed by atoms with Gasteiger partial charge in [-0.1, -0.05) is 30.3 Å². The lowest BCUT2D eigenvalue weighted by Crippen LogP contribution is -2.49. The van der Waals surface area contributed by atoms with Gasteiger partial charge in [-0.15, -0.1) is 0 Å². The fraction of sp³-hybridized carbons (Fsp3) is 0.600. The van der Waals surface area contributed by atoms with Crippen LogP contribution in [0.15, 0.2) is 30.3 Å². The SMILES string of the molecule is CCOC(=O)[C@H](O)[C@@H](CCCOCc1ccccc1)NC(=O)OC(C)(C)C. The zero-order chi connectivity index (χ0) is 20.3. The van der Waals surface area contributed by atoms with Crippen LogP contribution in [0.25, 0.3) is 0 Å². The Morgan fingerprint density at radius 1 is 1.19 bits per heavy atom. The van der Waals surface area contributed by atoms with Gasteiger partial charge >= 0.3 is 12.1 Å². The van der Waals surface area contributed by atoms with Crippen LogP contribution >= 0.6 is 0 Å². The number of nitrogens with one attached hydrogen (secondary N) is 1. The van der Waals surface area contributed by atoms with Crippen molar-refractivity contribution in [2.45, 2.75) is 64.9 Å². The molecule has 0 saturated heterocycles. The molecular weight excluding hydrogens is 350 g/mol. The van der Waals surface area contributed by atoms with Gasteiger partial charge < -0.3 is 24.6 Å². The van der Waals surface area contributed by atoms with Gasteiger partial charge in [0.05, 0.1) is 19.3 Å². The minimum Gasteiger partial charge on any atom is -0.464 e. The highest BCUT2D eigenvalue weighted by Crippen LogP contribution is 2.11. The van der Waals surface area contributed by atoms with E-state index in [1.807, 2.05) is 30.3 Å². The van der Waals surface area contributed by atoms with Crippen molar-refractivity contribution in [1.82, 2.24) is 5.32 Å². The van der Waals surface area contributed by atoms with Crippen LogP contribution in [0.1, 0.15) is 46.1 Å². The van der Waals surface area contributed by atoms with Crippen LogP contribution in [0, 0.1) is 0 Å². The number of hydrogen-bond donors (Lipinski definition) is 2. The van der Waals surface area contributed by atoms with E-state index < -0.39 is 29.8 Å². The third-order valence-corrected chi connectivity index (χ3v) is 3.53. The van der Waals surface area contributed by atoms with Gasteiger partial charge in [0, 0.05) is 6.61 Å². The van der Waals surface area contributed by atoms with Crippen LogP contribution in [0.5, 0.6) is 0 Å². The number of rotatable bonds is 10. The molecular formula is C20H31NO6. The van der Waals surface area contributed by atoms with Crippen LogP contribution in [-0.4, -0.2) is 48.1 Å². The molecule has 0 fully saturated rings.